The third kappa shape index (κ3) is 3.05. The van der Waals surface area contributed by atoms with Gasteiger partial charge in [-0.1, -0.05) is 12.1 Å². The maximum Gasteiger partial charge on any atom is 0.225 e. The molecule has 26 heavy (non-hydrogen) atoms. The number of ether oxygens (including phenoxy) is 2. The first-order chi connectivity index (χ1) is 12.6. The highest BCUT2D eigenvalue weighted by atomic mass is 16.5. The second kappa shape index (κ2) is 6.48. The Morgan fingerprint density at radius 2 is 2.08 bits per heavy atom. The van der Waals surface area contributed by atoms with E-state index in [9.17, 15) is 4.79 Å². The number of hydrogen-bond donors (Lipinski definition) is 1. The lowest BCUT2D eigenvalue weighted by atomic mass is 9.84. The Morgan fingerprint density at radius 3 is 2.92 bits per heavy atom. The van der Waals surface area contributed by atoms with Crippen molar-refractivity contribution in [3.63, 3.8) is 0 Å². The summed E-state index contributed by atoms with van der Waals surface area (Å²) in [5, 5.41) is 0. The van der Waals surface area contributed by atoms with Gasteiger partial charge in [0.1, 0.15) is 17.2 Å². The lowest BCUT2D eigenvalue weighted by Crippen LogP contribution is -2.43. The van der Waals surface area contributed by atoms with Crippen molar-refractivity contribution in [3.8, 4) is 11.6 Å². The molecule has 2 aliphatic rings. The first kappa shape index (κ1) is 16.6. The number of carbonyl (C=O) groups excluding carboxylic acids is 1. The van der Waals surface area contributed by atoms with Crippen LogP contribution >= 0.6 is 0 Å². The Morgan fingerprint density at radius 1 is 1.23 bits per heavy atom. The molecule has 2 aliphatic heterocycles. The number of nitrogen functional groups attached to an aromatic ring is 1. The van der Waals surface area contributed by atoms with E-state index in [1.807, 2.05) is 24.3 Å². The molecular weight excluding hydrogens is 332 g/mol. The van der Waals surface area contributed by atoms with Crippen LogP contribution in [0.4, 0.5) is 11.8 Å². The van der Waals surface area contributed by atoms with E-state index in [4.69, 9.17) is 15.2 Å². The maximum atomic E-state index is 12.6. The van der Waals surface area contributed by atoms with E-state index >= 15 is 0 Å². The van der Waals surface area contributed by atoms with Gasteiger partial charge in [0.2, 0.25) is 11.8 Å². The molecule has 136 valence electrons. The molecule has 2 N–H and O–H groups in total. The molecule has 1 aromatic carbocycles. The van der Waals surface area contributed by atoms with Crippen molar-refractivity contribution in [3.05, 3.63) is 35.9 Å². The summed E-state index contributed by atoms with van der Waals surface area (Å²) in [7, 11) is 1.56. The number of aromatic nitrogens is 2. The van der Waals surface area contributed by atoms with E-state index in [-0.39, 0.29) is 11.7 Å². The monoisotopic (exact) mass is 354 g/mol. The number of para-hydroxylation sites is 1. The molecule has 1 aromatic heterocycles. The van der Waals surface area contributed by atoms with E-state index in [0.717, 1.165) is 38.2 Å². The largest absolute Gasteiger partial charge is 0.486 e. The van der Waals surface area contributed by atoms with Gasteiger partial charge in [0.05, 0.1) is 19.1 Å². The smallest absolute Gasteiger partial charge is 0.225 e. The molecule has 1 saturated heterocycles. The average Bonchev–Trinajstić information content (AvgIpc) is 2.83. The molecule has 0 saturated carbocycles. The maximum absolute atomic E-state index is 12.6. The highest BCUT2D eigenvalue weighted by molar-refractivity contribution is 6.00. The number of methoxy groups -OCH3 is 1. The van der Waals surface area contributed by atoms with Gasteiger partial charge in [-0.25, -0.2) is 0 Å². The van der Waals surface area contributed by atoms with Crippen LogP contribution < -0.4 is 20.1 Å². The molecule has 1 spiro atoms. The van der Waals surface area contributed by atoms with Crippen LogP contribution in [0.15, 0.2) is 30.3 Å². The Balaban J connectivity index is 1.56. The molecule has 2 aromatic rings. The predicted octanol–water partition coefficient (Wildman–Crippen LogP) is 2.46. The highest BCUT2D eigenvalue weighted by Crippen LogP contribution is 2.39. The van der Waals surface area contributed by atoms with Crippen molar-refractivity contribution < 1.29 is 14.3 Å². The summed E-state index contributed by atoms with van der Waals surface area (Å²) < 4.78 is 11.5. The molecule has 1 atom stereocenters. The van der Waals surface area contributed by atoms with Gasteiger partial charge < -0.3 is 20.1 Å². The Hall–Kier alpha value is -2.83. The number of nitrogens with zero attached hydrogens (tertiary/aromatic N) is 3. The molecule has 1 fully saturated rings. The van der Waals surface area contributed by atoms with Crippen LogP contribution in [0.2, 0.25) is 0 Å². The molecule has 7 nitrogen and oxygen atoms in total. The number of carbonyl (C=O) groups is 1. The Kier molecular flexibility index (Phi) is 4.14. The van der Waals surface area contributed by atoms with Gasteiger partial charge in [0.25, 0.3) is 0 Å². The number of anilines is 2. The number of ketones is 1. The highest BCUT2D eigenvalue weighted by Gasteiger charge is 2.41. The summed E-state index contributed by atoms with van der Waals surface area (Å²) in [6.45, 7) is 1.55. The topological polar surface area (TPSA) is 90.6 Å². The Labute approximate surface area is 152 Å². The third-order valence-electron chi connectivity index (χ3n) is 5.13. The molecule has 0 aliphatic carbocycles. The van der Waals surface area contributed by atoms with Gasteiger partial charge >= 0.3 is 0 Å². The van der Waals surface area contributed by atoms with Crippen molar-refractivity contribution in [2.75, 3.05) is 30.8 Å². The fraction of sp³-hybridized carbons (Fsp3) is 0.421. The molecule has 0 bridgehead atoms. The molecule has 4 rings (SSSR count). The average molecular weight is 354 g/mol. The van der Waals surface area contributed by atoms with Crippen LogP contribution in [0.3, 0.4) is 0 Å². The summed E-state index contributed by atoms with van der Waals surface area (Å²) in [4.78, 5) is 23.1. The zero-order valence-corrected chi connectivity index (χ0v) is 14.8. The van der Waals surface area contributed by atoms with Crippen LogP contribution in [0, 0.1) is 0 Å². The van der Waals surface area contributed by atoms with Crippen molar-refractivity contribution in [2.45, 2.75) is 31.3 Å². The van der Waals surface area contributed by atoms with E-state index in [2.05, 4.69) is 14.9 Å². The van der Waals surface area contributed by atoms with Gasteiger partial charge in [-0.15, -0.1) is 0 Å². The first-order valence-electron chi connectivity index (χ1n) is 8.83. The first-order valence-corrected chi connectivity index (χ1v) is 8.83. The van der Waals surface area contributed by atoms with Crippen molar-refractivity contribution in [1.82, 2.24) is 9.97 Å². The zero-order valence-electron chi connectivity index (χ0n) is 14.8. The van der Waals surface area contributed by atoms with E-state index < -0.39 is 5.60 Å². The van der Waals surface area contributed by atoms with Crippen LogP contribution in [0.5, 0.6) is 11.6 Å². The number of benzene rings is 1. The molecule has 0 radical (unpaired) electrons. The second-order valence-electron chi connectivity index (χ2n) is 6.85. The fourth-order valence-electron chi connectivity index (χ4n) is 3.82. The fourth-order valence-corrected chi connectivity index (χ4v) is 3.82. The number of hydrogen-bond acceptors (Lipinski definition) is 7. The standard InChI is InChI=1S/C19H22N4O3/c1-25-17-11-16(21-18(20)22-17)23-9-4-7-19(8-10-23)12-14(24)13-5-2-3-6-15(13)26-19/h2-3,5-6,11H,4,7-10,12H2,1H3,(H2,20,21,22). The van der Waals surface area contributed by atoms with Gasteiger partial charge in [-0.3, -0.25) is 4.79 Å². The van der Waals surface area contributed by atoms with Crippen molar-refractivity contribution >= 4 is 17.5 Å². The van der Waals surface area contributed by atoms with Gasteiger partial charge in [-0.05, 0) is 25.0 Å². The Bertz CT molecular complexity index is 841. The summed E-state index contributed by atoms with van der Waals surface area (Å²) >= 11 is 0. The van der Waals surface area contributed by atoms with Crippen molar-refractivity contribution in [1.29, 1.82) is 0 Å². The minimum atomic E-state index is -0.442. The molecule has 1 unspecified atom stereocenters. The summed E-state index contributed by atoms with van der Waals surface area (Å²) in [5.74, 6) is 2.24. The molecule has 0 amide bonds. The zero-order chi connectivity index (χ0) is 18.1. The number of fused-ring (bicyclic) bond motifs is 1. The summed E-state index contributed by atoms with van der Waals surface area (Å²) in [6, 6.07) is 9.29. The van der Waals surface area contributed by atoms with E-state index in [1.165, 1.54) is 0 Å². The van der Waals surface area contributed by atoms with E-state index in [1.54, 1.807) is 13.2 Å². The quantitative estimate of drug-likeness (QED) is 0.886. The summed E-state index contributed by atoms with van der Waals surface area (Å²) in [6.07, 6.45) is 2.91. The minimum absolute atomic E-state index is 0.160. The van der Waals surface area contributed by atoms with E-state index in [0.29, 0.717) is 23.6 Å². The lowest BCUT2D eigenvalue weighted by Gasteiger charge is -2.37. The number of Topliss-reactive ketones (excluding diaryl/α,β-unsaturated/α-hetero) is 1. The lowest BCUT2D eigenvalue weighted by molar-refractivity contribution is 0.0323. The number of nitrogens with two attached hydrogens (primary N) is 1. The summed E-state index contributed by atoms with van der Waals surface area (Å²) in [5.41, 5.74) is 6.04. The van der Waals surface area contributed by atoms with Crippen LogP contribution in [0.1, 0.15) is 36.0 Å². The molecule has 3 heterocycles. The predicted molar refractivity (Wildman–Crippen MR) is 97.8 cm³/mol. The second-order valence-corrected chi connectivity index (χ2v) is 6.85. The van der Waals surface area contributed by atoms with Gasteiger partial charge in [0.15, 0.2) is 5.78 Å². The van der Waals surface area contributed by atoms with Gasteiger partial charge in [-0.2, -0.15) is 9.97 Å². The molecule has 7 heteroatoms. The van der Waals surface area contributed by atoms with Crippen LogP contribution in [-0.4, -0.2) is 41.6 Å². The number of rotatable bonds is 2. The van der Waals surface area contributed by atoms with Gasteiger partial charge in [0, 0.05) is 25.6 Å². The van der Waals surface area contributed by atoms with Crippen LogP contribution in [0.25, 0.3) is 0 Å². The third-order valence-corrected chi connectivity index (χ3v) is 5.13. The van der Waals surface area contributed by atoms with Crippen molar-refractivity contribution in [2.24, 2.45) is 0 Å². The SMILES string of the molecule is COc1cc(N2CCCC3(CC2)CC(=O)c2ccccc2O3)nc(N)n1. The van der Waals surface area contributed by atoms with Crippen LogP contribution in [-0.2, 0) is 0 Å². The normalized spacial score (nSPS) is 22.5. The molecular formula is C19H22N4O3. The minimum Gasteiger partial charge on any atom is -0.486 e.